The van der Waals surface area contributed by atoms with E-state index in [1.807, 2.05) is 43.3 Å². The third kappa shape index (κ3) is 3.17. The molecule has 2 nitrogen and oxygen atoms in total. The molecule has 0 saturated heterocycles. The molecule has 0 aliphatic carbocycles. The average Bonchev–Trinajstić information content (AvgIpc) is 2.92. The van der Waals surface area contributed by atoms with E-state index in [1.54, 1.807) is 6.07 Å². The highest BCUT2D eigenvalue weighted by atomic mass is 79.9. The zero-order chi connectivity index (χ0) is 14.8. The van der Waals surface area contributed by atoms with Gasteiger partial charge in [0.1, 0.15) is 17.2 Å². The fourth-order valence-corrected chi connectivity index (χ4v) is 2.48. The third-order valence-electron chi connectivity index (χ3n) is 3.47. The van der Waals surface area contributed by atoms with Crippen molar-refractivity contribution in [2.24, 2.45) is 0 Å². The van der Waals surface area contributed by atoms with Crippen molar-refractivity contribution in [3.05, 3.63) is 70.1 Å². The minimum absolute atomic E-state index is 0.0594. The summed E-state index contributed by atoms with van der Waals surface area (Å²) in [5.74, 6) is 0.638. The minimum atomic E-state index is -0.245. The van der Waals surface area contributed by atoms with Gasteiger partial charge in [-0.2, -0.15) is 0 Å². The van der Waals surface area contributed by atoms with E-state index in [2.05, 4.69) is 21.2 Å². The second-order valence-electron chi connectivity index (χ2n) is 5.04. The molecule has 3 rings (SSSR count). The van der Waals surface area contributed by atoms with Gasteiger partial charge >= 0.3 is 0 Å². The lowest BCUT2D eigenvalue weighted by Gasteiger charge is -2.11. The minimum Gasteiger partial charge on any atom is -0.459 e. The topological polar surface area (TPSA) is 25.2 Å². The molecule has 4 heteroatoms. The van der Waals surface area contributed by atoms with E-state index >= 15 is 0 Å². The van der Waals surface area contributed by atoms with Gasteiger partial charge < -0.3 is 9.73 Å². The number of benzene rings is 2. The largest absolute Gasteiger partial charge is 0.459 e. The van der Waals surface area contributed by atoms with Crippen molar-refractivity contribution >= 4 is 26.9 Å². The third-order valence-corrected chi connectivity index (χ3v) is 4.11. The molecule has 1 atom stereocenters. The lowest BCUT2D eigenvalue weighted by molar-refractivity contribution is 0.450. The molecular formula is C17H15BrFNO. The van der Waals surface area contributed by atoms with E-state index in [4.69, 9.17) is 4.42 Å². The van der Waals surface area contributed by atoms with Gasteiger partial charge in [-0.05, 0) is 52.7 Å². The Morgan fingerprint density at radius 3 is 2.76 bits per heavy atom. The number of rotatable bonds is 4. The second-order valence-corrected chi connectivity index (χ2v) is 5.89. The Hall–Kier alpha value is -1.65. The van der Waals surface area contributed by atoms with E-state index in [9.17, 15) is 4.39 Å². The molecule has 3 aromatic rings. The van der Waals surface area contributed by atoms with Crippen LogP contribution < -0.4 is 5.32 Å². The van der Waals surface area contributed by atoms with Gasteiger partial charge in [-0.15, -0.1) is 0 Å². The summed E-state index contributed by atoms with van der Waals surface area (Å²) in [4.78, 5) is 0. The van der Waals surface area contributed by atoms with Crippen molar-refractivity contribution < 1.29 is 8.81 Å². The first kappa shape index (κ1) is 14.3. The van der Waals surface area contributed by atoms with Crippen molar-refractivity contribution in [2.45, 2.75) is 19.5 Å². The van der Waals surface area contributed by atoms with Gasteiger partial charge in [0.25, 0.3) is 0 Å². The molecule has 0 bridgehead atoms. The highest BCUT2D eigenvalue weighted by Gasteiger charge is 2.11. The van der Waals surface area contributed by atoms with Gasteiger partial charge in [0.15, 0.2) is 0 Å². The Morgan fingerprint density at radius 2 is 2.00 bits per heavy atom. The Labute approximate surface area is 131 Å². The molecule has 0 saturated carbocycles. The quantitative estimate of drug-likeness (QED) is 0.702. The molecule has 0 aliphatic rings. The van der Waals surface area contributed by atoms with Crippen LogP contribution in [-0.4, -0.2) is 0 Å². The fourth-order valence-electron chi connectivity index (χ4n) is 2.24. The van der Waals surface area contributed by atoms with E-state index in [0.717, 1.165) is 22.3 Å². The number of fused-ring (bicyclic) bond motifs is 1. The molecular weight excluding hydrogens is 333 g/mol. The molecule has 0 amide bonds. The van der Waals surface area contributed by atoms with Crippen LogP contribution in [0.3, 0.4) is 0 Å². The van der Waals surface area contributed by atoms with Crippen molar-refractivity contribution in [1.82, 2.24) is 5.32 Å². The molecule has 1 aromatic heterocycles. The van der Waals surface area contributed by atoms with Gasteiger partial charge in [-0.1, -0.05) is 24.3 Å². The monoisotopic (exact) mass is 347 g/mol. The molecule has 21 heavy (non-hydrogen) atoms. The van der Waals surface area contributed by atoms with E-state index in [1.165, 1.54) is 6.07 Å². The summed E-state index contributed by atoms with van der Waals surface area (Å²) in [7, 11) is 0. The summed E-state index contributed by atoms with van der Waals surface area (Å²) in [6.07, 6.45) is 0. The van der Waals surface area contributed by atoms with Gasteiger partial charge in [0.2, 0.25) is 0 Å². The van der Waals surface area contributed by atoms with Crippen LogP contribution in [0.5, 0.6) is 0 Å². The Kier molecular flexibility index (Phi) is 4.08. The summed E-state index contributed by atoms with van der Waals surface area (Å²) in [5.41, 5.74) is 1.79. The normalized spacial score (nSPS) is 12.7. The maximum Gasteiger partial charge on any atom is 0.137 e. The maximum atomic E-state index is 13.5. The summed E-state index contributed by atoms with van der Waals surface area (Å²) < 4.78 is 19.8. The van der Waals surface area contributed by atoms with Gasteiger partial charge in [0, 0.05) is 11.9 Å². The van der Waals surface area contributed by atoms with Crippen LogP contribution in [0.25, 0.3) is 11.0 Å². The predicted octanol–water partition coefficient (Wildman–Crippen LogP) is 5.19. The fraction of sp³-hybridized carbons (Fsp3) is 0.176. The van der Waals surface area contributed by atoms with Gasteiger partial charge in [-0.25, -0.2) is 4.39 Å². The molecule has 1 N–H and O–H groups in total. The first-order valence-electron chi connectivity index (χ1n) is 6.79. The predicted molar refractivity (Wildman–Crippen MR) is 85.6 cm³/mol. The molecule has 0 fully saturated rings. The van der Waals surface area contributed by atoms with E-state index < -0.39 is 0 Å². The van der Waals surface area contributed by atoms with Crippen molar-refractivity contribution in [3.63, 3.8) is 0 Å². The first-order chi connectivity index (χ1) is 10.1. The van der Waals surface area contributed by atoms with Crippen LogP contribution in [0.4, 0.5) is 4.39 Å². The highest BCUT2D eigenvalue weighted by Crippen LogP contribution is 2.24. The number of nitrogens with one attached hydrogen (secondary N) is 1. The van der Waals surface area contributed by atoms with Gasteiger partial charge in [0.05, 0.1) is 10.5 Å². The number of furan rings is 1. The lowest BCUT2D eigenvalue weighted by atomic mass is 10.2. The van der Waals surface area contributed by atoms with Crippen LogP contribution in [0, 0.1) is 5.82 Å². The number of hydrogen-bond donors (Lipinski definition) is 1. The average molecular weight is 348 g/mol. The SMILES string of the molecule is CC(NCc1ccc(Br)c(F)c1)c1cc2ccccc2o1. The molecule has 1 unspecified atom stereocenters. The summed E-state index contributed by atoms with van der Waals surface area (Å²) in [5, 5.41) is 4.44. The van der Waals surface area contributed by atoms with E-state index in [-0.39, 0.29) is 11.9 Å². The zero-order valence-corrected chi connectivity index (χ0v) is 13.2. The maximum absolute atomic E-state index is 13.5. The van der Waals surface area contributed by atoms with Crippen LogP contribution in [0.2, 0.25) is 0 Å². The molecule has 108 valence electrons. The summed E-state index contributed by atoms with van der Waals surface area (Å²) in [6, 6.07) is 15.2. The number of hydrogen-bond acceptors (Lipinski definition) is 2. The van der Waals surface area contributed by atoms with Crippen molar-refractivity contribution in [3.8, 4) is 0 Å². The number of para-hydroxylation sites is 1. The Balaban J connectivity index is 1.70. The summed E-state index contributed by atoms with van der Waals surface area (Å²) >= 11 is 3.16. The van der Waals surface area contributed by atoms with Crippen LogP contribution in [0.15, 0.2) is 57.4 Å². The van der Waals surface area contributed by atoms with Crippen LogP contribution in [-0.2, 0) is 6.54 Å². The molecule has 0 radical (unpaired) electrons. The first-order valence-corrected chi connectivity index (χ1v) is 7.58. The standard InChI is InChI=1S/C17H15BrFNO/c1-11(17-9-13-4-2-3-5-16(13)21-17)20-10-12-6-7-14(18)15(19)8-12/h2-9,11,20H,10H2,1H3. The number of halogens is 2. The highest BCUT2D eigenvalue weighted by molar-refractivity contribution is 9.10. The smallest absolute Gasteiger partial charge is 0.137 e. The van der Waals surface area contributed by atoms with Crippen LogP contribution in [0.1, 0.15) is 24.3 Å². The molecule has 0 aliphatic heterocycles. The van der Waals surface area contributed by atoms with Gasteiger partial charge in [-0.3, -0.25) is 0 Å². The Bertz CT molecular complexity index is 735. The molecule has 0 spiro atoms. The molecule has 1 heterocycles. The summed E-state index contributed by atoms with van der Waals surface area (Å²) in [6.45, 7) is 2.62. The van der Waals surface area contributed by atoms with E-state index in [0.29, 0.717) is 11.0 Å². The van der Waals surface area contributed by atoms with Crippen LogP contribution >= 0.6 is 15.9 Å². The van der Waals surface area contributed by atoms with Crippen molar-refractivity contribution in [1.29, 1.82) is 0 Å². The Morgan fingerprint density at radius 1 is 1.19 bits per heavy atom. The lowest BCUT2D eigenvalue weighted by Crippen LogP contribution is -2.17. The van der Waals surface area contributed by atoms with Crippen molar-refractivity contribution in [2.75, 3.05) is 0 Å². The second kappa shape index (κ2) is 6.00. The zero-order valence-electron chi connectivity index (χ0n) is 11.6. The molecule has 2 aromatic carbocycles.